The van der Waals surface area contributed by atoms with E-state index in [0.717, 1.165) is 21.4 Å². The number of aromatic nitrogens is 1. The molecule has 0 aliphatic heterocycles. The van der Waals surface area contributed by atoms with Crippen molar-refractivity contribution in [2.45, 2.75) is 20.3 Å². The molecule has 0 amide bonds. The van der Waals surface area contributed by atoms with Crippen molar-refractivity contribution in [2.24, 2.45) is 0 Å². The van der Waals surface area contributed by atoms with E-state index in [1.807, 2.05) is 32.0 Å². The summed E-state index contributed by atoms with van der Waals surface area (Å²) in [7, 11) is 0. The van der Waals surface area contributed by atoms with Gasteiger partial charge in [0.2, 0.25) is 0 Å². The summed E-state index contributed by atoms with van der Waals surface area (Å²) < 4.78 is 0.954. The van der Waals surface area contributed by atoms with Gasteiger partial charge in [-0.1, -0.05) is 28.9 Å². The normalized spacial score (nSPS) is 10.3. The lowest BCUT2D eigenvalue weighted by atomic mass is 10.1. The predicted octanol–water partition coefficient (Wildman–Crippen LogP) is 4.16. The SMILES string of the molecule is CCc1cc(C(=O)O)cc(Nc2cc(Br)ccc2C)n1. The zero-order chi connectivity index (χ0) is 14.7. The van der Waals surface area contributed by atoms with E-state index in [-0.39, 0.29) is 5.56 Å². The number of hydrogen-bond donors (Lipinski definition) is 2. The highest BCUT2D eigenvalue weighted by Crippen LogP contribution is 2.24. The van der Waals surface area contributed by atoms with Crippen molar-refractivity contribution in [3.05, 3.63) is 51.6 Å². The summed E-state index contributed by atoms with van der Waals surface area (Å²) in [6.45, 7) is 3.93. The molecule has 2 N–H and O–H groups in total. The molecule has 1 aromatic heterocycles. The first-order valence-corrected chi connectivity index (χ1v) is 7.06. The van der Waals surface area contributed by atoms with Gasteiger partial charge in [-0.2, -0.15) is 0 Å². The minimum absolute atomic E-state index is 0.243. The fourth-order valence-corrected chi connectivity index (χ4v) is 2.18. The number of nitrogens with zero attached hydrogens (tertiary/aromatic N) is 1. The Balaban J connectivity index is 2.39. The number of carboxylic acid groups (broad SMARTS) is 1. The first-order chi connectivity index (χ1) is 9.49. The number of pyridine rings is 1. The van der Waals surface area contributed by atoms with Gasteiger partial charge in [0.1, 0.15) is 5.82 Å². The lowest BCUT2D eigenvalue weighted by Crippen LogP contribution is -2.04. The van der Waals surface area contributed by atoms with E-state index in [4.69, 9.17) is 5.11 Å². The standard InChI is InChI=1S/C15H15BrN2O2/c1-3-12-6-10(15(19)20)7-14(17-12)18-13-8-11(16)5-4-9(13)2/h4-8H,3H2,1-2H3,(H,17,18)(H,19,20). The predicted molar refractivity (Wildman–Crippen MR) is 82.7 cm³/mol. The van der Waals surface area contributed by atoms with Gasteiger partial charge in [0, 0.05) is 15.9 Å². The number of aromatic carboxylic acids is 1. The molecule has 0 fully saturated rings. The average Bonchev–Trinajstić information content (AvgIpc) is 2.42. The van der Waals surface area contributed by atoms with Crippen LogP contribution >= 0.6 is 15.9 Å². The molecule has 0 unspecified atom stereocenters. The average molecular weight is 335 g/mol. The van der Waals surface area contributed by atoms with E-state index in [9.17, 15) is 4.79 Å². The third kappa shape index (κ3) is 3.36. The van der Waals surface area contributed by atoms with Crippen LogP contribution in [-0.2, 0) is 6.42 Å². The van der Waals surface area contributed by atoms with Crippen LogP contribution in [0.25, 0.3) is 0 Å². The number of rotatable bonds is 4. The molecule has 0 aliphatic rings. The van der Waals surface area contributed by atoms with E-state index >= 15 is 0 Å². The Kier molecular flexibility index (Phi) is 4.39. The molecule has 5 heteroatoms. The second-order valence-electron chi connectivity index (χ2n) is 4.48. The number of halogens is 1. The molecule has 0 saturated heterocycles. The maximum atomic E-state index is 11.1. The minimum Gasteiger partial charge on any atom is -0.478 e. The lowest BCUT2D eigenvalue weighted by molar-refractivity contribution is 0.0696. The Morgan fingerprint density at radius 3 is 2.75 bits per heavy atom. The minimum atomic E-state index is -0.948. The monoisotopic (exact) mass is 334 g/mol. The van der Waals surface area contributed by atoms with Crippen molar-refractivity contribution in [2.75, 3.05) is 5.32 Å². The summed E-state index contributed by atoms with van der Waals surface area (Å²) in [5, 5.41) is 12.3. The molecule has 2 aromatic rings. The van der Waals surface area contributed by atoms with Gasteiger partial charge in [-0.25, -0.2) is 9.78 Å². The number of hydrogen-bond acceptors (Lipinski definition) is 3. The second kappa shape index (κ2) is 6.05. The van der Waals surface area contributed by atoms with E-state index in [0.29, 0.717) is 12.2 Å². The number of nitrogens with one attached hydrogen (secondary N) is 1. The number of aryl methyl sites for hydroxylation is 2. The highest BCUT2D eigenvalue weighted by Gasteiger charge is 2.09. The summed E-state index contributed by atoms with van der Waals surface area (Å²) in [6.07, 6.45) is 0.688. The molecule has 0 spiro atoms. The topological polar surface area (TPSA) is 62.2 Å². The fraction of sp³-hybridized carbons (Fsp3) is 0.200. The van der Waals surface area contributed by atoms with Crippen molar-refractivity contribution >= 4 is 33.4 Å². The molecular weight excluding hydrogens is 320 g/mol. The van der Waals surface area contributed by atoms with Crippen LogP contribution in [0, 0.1) is 6.92 Å². The zero-order valence-corrected chi connectivity index (χ0v) is 12.9. The Labute approximate surface area is 126 Å². The zero-order valence-electron chi connectivity index (χ0n) is 11.3. The summed E-state index contributed by atoms with van der Waals surface area (Å²) in [5.41, 5.74) is 2.96. The highest BCUT2D eigenvalue weighted by molar-refractivity contribution is 9.10. The summed E-state index contributed by atoms with van der Waals surface area (Å²) in [5.74, 6) is -0.404. The molecule has 1 aromatic carbocycles. The molecular formula is C15H15BrN2O2. The third-order valence-electron chi connectivity index (χ3n) is 2.95. The first-order valence-electron chi connectivity index (χ1n) is 6.27. The maximum Gasteiger partial charge on any atom is 0.335 e. The summed E-state index contributed by atoms with van der Waals surface area (Å²) >= 11 is 3.42. The van der Waals surface area contributed by atoms with Crippen LogP contribution < -0.4 is 5.32 Å². The van der Waals surface area contributed by atoms with Crippen molar-refractivity contribution in [1.29, 1.82) is 0 Å². The Morgan fingerprint density at radius 1 is 1.35 bits per heavy atom. The van der Waals surface area contributed by atoms with Crippen LogP contribution in [-0.4, -0.2) is 16.1 Å². The molecule has 2 rings (SSSR count). The largest absolute Gasteiger partial charge is 0.478 e. The van der Waals surface area contributed by atoms with Gasteiger partial charge >= 0.3 is 5.97 Å². The van der Waals surface area contributed by atoms with Crippen molar-refractivity contribution < 1.29 is 9.90 Å². The van der Waals surface area contributed by atoms with E-state index in [1.165, 1.54) is 0 Å². The van der Waals surface area contributed by atoms with Crippen molar-refractivity contribution in [3.63, 3.8) is 0 Å². The molecule has 4 nitrogen and oxygen atoms in total. The molecule has 1 heterocycles. The number of benzene rings is 1. The summed E-state index contributed by atoms with van der Waals surface area (Å²) in [6, 6.07) is 9.02. The van der Waals surface area contributed by atoms with Crippen LogP contribution in [0.1, 0.15) is 28.5 Å². The van der Waals surface area contributed by atoms with Gasteiger partial charge in [0.15, 0.2) is 0 Å². The summed E-state index contributed by atoms with van der Waals surface area (Å²) in [4.78, 5) is 15.5. The molecule has 0 saturated carbocycles. The lowest BCUT2D eigenvalue weighted by Gasteiger charge is -2.11. The van der Waals surface area contributed by atoms with E-state index in [2.05, 4.69) is 26.2 Å². The molecule has 20 heavy (non-hydrogen) atoms. The van der Waals surface area contributed by atoms with Crippen molar-refractivity contribution in [3.8, 4) is 0 Å². The van der Waals surface area contributed by atoms with Crippen molar-refractivity contribution in [1.82, 2.24) is 4.98 Å². The van der Waals surface area contributed by atoms with Gasteiger partial charge < -0.3 is 10.4 Å². The molecule has 104 valence electrons. The number of carbonyl (C=O) groups is 1. The Bertz CT molecular complexity index is 656. The van der Waals surface area contributed by atoms with Gasteiger partial charge in [0.25, 0.3) is 0 Å². The third-order valence-corrected chi connectivity index (χ3v) is 3.44. The van der Waals surface area contributed by atoms with Crippen LogP contribution in [0.5, 0.6) is 0 Å². The first kappa shape index (κ1) is 14.5. The fourth-order valence-electron chi connectivity index (χ4n) is 1.82. The second-order valence-corrected chi connectivity index (χ2v) is 5.39. The smallest absolute Gasteiger partial charge is 0.335 e. The molecule has 0 aliphatic carbocycles. The van der Waals surface area contributed by atoms with E-state index in [1.54, 1.807) is 12.1 Å². The highest BCUT2D eigenvalue weighted by atomic mass is 79.9. The van der Waals surface area contributed by atoms with Gasteiger partial charge in [-0.3, -0.25) is 0 Å². The molecule has 0 atom stereocenters. The number of carboxylic acids is 1. The maximum absolute atomic E-state index is 11.1. The molecule has 0 radical (unpaired) electrons. The van der Waals surface area contributed by atoms with E-state index < -0.39 is 5.97 Å². The van der Waals surface area contributed by atoms with Crippen LogP contribution in [0.2, 0.25) is 0 Å². The Hall–Kier alpha value is -1.88. The van der Waals surface area contributed by atoms with Gasteiger partial charge in [-0.15, -0.1) is 0 Å². The van der Waals surface area contributed by atoms with Crippen LogP contribution in [0.3, 0.4) is 0 Å². The van der Waals surface area contributed by atoms with Gasteiger partial charge in [-0.05, 0) is 43.2 Å². The Morgan fingerprint density at radius 2 is 2.10 bits per heavy atom. The number of anilines is 2. The van der Waals surface area contributed by atoms with Gasteiger partial charge in [0.05, 0.1) is 5.56 Å². The molecule has 0 bridgehead atoms. The van der Waals surface area contributed by atoms with Crippen LogP contribution in [0.4, 0.5) is 11.5 Å². The quantitative estimate of drug-likeness (QED) is 0.881. The van der Waals surface area contributed by atoms with Crippen LogP contribution in [0.15, 0.2) is 34.8 Å².